The van der Waals surface area contributed by atoms with Gasteiger partial charge < -0.3 is 5.11 Å². The third-order valence-corrected chi connectivity index (χ3v) is 9.76. The predicted molar refractivity (Wildman–Crippen MR) is 159 cm³/mol. The molecule has 1 heterocycles. The number of fused-ring (bicyclic) bond motifs is 4. The number of terminal acetylenes is 1. The van der Waals surface area contributed by atoms with Crippen molar-refractivity contribution < 1.29 is 9.90 Å². The first-order chi connectivity index (χ1) is 18.5. The van der Waals surface area contributed by atoms with Crippen LogP contribution in [0.3, 0.4) is 0 Å². The third kappa shape index (κ3) is 5.29. The first-order valence-corrected chi connectivity index (χ1v) is 14.7. The molecule has 0 bridgehead atoms. The average Bonchev–Trinajstić information content (AvgIpc) is 3.22. The molecule has 1 aromatic heterocycles. The Balaban J connectivity index is 0.000000465. The fraction of sp³-hybridized carbons (Fsp3) is 0.500. The van der Waals surface area contributed by atoms with Gasteiger partial charge in [-0.1, -0.05) is 36.8 Å². The van der Waals surface area contributed by atoms with Crippen LogP contribution < -0.4 is 0 Å². The van der Waals surface area contributed by atoms with Crippen LogP contribution in [0, 0.1) is 41.9 Å². The number of carbonyl (C=O) groups is 1. The van der Waals surface area contributed by atoms with Gasteiger partial charge >= 0.3 is 0 Å². The summed E-state index contributed by atoms with van der Waals surface area (Å²) in [5, 5.41) is 11.1. The number of carbonyl (C=O) groups excluding carboxylic acids is 1. The Morgan fingerprint density at radius 2 is 1.77 bits per heavy atom. The van der Waals surface area contributed by atoms with E-state index in [2.05, 4.69) is 55.1 Å². The Hall–Kier alpha value is -2.96. The molecule has 1 N–H and O–H groups in total. The van der Waals surface area contributed by atoms with Gasteiger partial charge in [0.1, 0.15) is 0 Å². The van der Waals surface area contributed by atoms with E-state index in [1.807, 2.05) is 39.2 Å². The number of pyridine rings is 1. The number of aliphatic hydroxyl groups is 1. The van der Waals surface area contributed by atoms with E-state index in [9.17, 15) is 9.90 Å². The number of nitrogens with zero attached hydrogens (tertiary/aromatic N) is 1. The summed E-state index contributed by atoms with van der Waals surface area (Å²) in [5.74, 6) is 4.31. The highest BCUT2D eigenvalue weighted by atomic mass is 16.3. The first-order valence-electron chi connectivity index (χ1n) is 14.7. The van der Waals surface area contributed by atoms with E-state index in [0.29, 0.717) is 30.0 Å². The van der Waals surface area contributed by atoms with Gasteiger partial charge in [-0.3, -0.25) is 9.78 Å². The summed E-state index contributed by atoms with van der Waals surface area (Å²) in [6.45, 7) is 10.5. The first kappa shape index (κ1) is 27.6. The highest BCUT2D eigenvalue weighted by Crippen LogP contribution is 2.63. The molecule has 4 aliphatic rings. The van der Waals surface area contributed by atoms with Crippen molar-refractivity contribution in [3.05, 3.63) is 76.6 Å². The molecule has 5 atom stereocenters. The van der Waals surface area contributed by atoms with E-state index in [4.69, 9.17) is 6.42 Å². The van der Waals surface area contributed by atoms with Crippen LogP contribution in [0.15, 0.2) is 65.5 Å². The summed E-state index contributed by atoms with van der Waals surface area (Å²) < 4.78 is 0. The molecule has 3 heteroatoms. The molecular weight excluding hydrogens is 478 g/mol. The van der Waals surface area contributed by atoms with Gasteiger partial charge in [0.2, 0.25) is 0 Å². The van der Waals surface area contributed by atoms with Crippen molar-refractivity contribution in [3.8, 4) is 23.5 Å². The number of hydrogen-bond donors (Lipinski definition) is 1. The lowest BCUT2D eigenvalue weighted by molar-refractivity contribution is -0.114. The second kappa shape index (κ2) is 10.5. The zero-order valence-electron chi connectivity index (χ0n) is 24.3. The molecule has 204 valence electrons. The second-order valence-electron chi connectivity index (χ2n) is 13.4. The second-order valence-corrected chi connectivity index (χ2v) is 13.4. The Morgan fingerprint density at radius 1 is 1.05 bits per heavy atom. The van der Waals surface area contributed by atoms with E-state index in [1.54, 1.807) is 5.57 Å². The number of benzene rings is 1. The van der Waals surface area contributed by atoms with Crippen LogP contribution in [0.5, 0.6) is 0 Å². The van der Waals surface area contributed by atoms with Gasteiger partial charge in [0.25, 0.3) is 0 Å². The number of hydrogen-bond acceptors (Lipinski definition) is 3. The smallest absolute Gasteiger partial charge is 0.156 e. The SMILES string of the molecule is C#CC(C)(C)C.Cc1cnccc1-c1ccc(C2CC3(C)C(O)CCC3C3CCC4=CC(=O)CCC4=C23)cc1. The lowest BCUT2D eigenvalue weighted by atomic mass is 9.53. The minimum absolute atomic E-state index is 0.0224. The molecule has 4 aliphatic carbocycles. The Labute approximate surface area is 234 Å². The van der Waals surface area contributed by atoms with E-state index in [-0.39, 0.29) is 16.9 Å². The van der Waals surface area contributed by atoms with E-state index >= 15 is 0 Å². The minimum atomic E-state index is -0.208. The van der Waals surface area contributed by atoms with Crippen molar-refractivity contribution in [2.24, 2.45) is 22.7 Å². The molecule has 2 saturated carbocycles. The van der Waals surface area contributed by atoms with Gasteiger partial charge in [0.15, 0.2) is 5.78 Å². The highest BCUT2D eigenvalue weighted by Gasteiger charge is 2.56. The molecule has 6 rings (SSSR count). The fourth-order valence-electron chi connectivity index (χ4n) is 7.62. The van der Waals surface area contributed by atoms with Crippen LogP contribution in [0.2, 0.25) is 0 Å². The minimum Gasteiger partial charge on any atom is -0.393 e. The molecule has 0 radical (unpaired) electrons. The summed E-state index contributed by atoms with van der Waals surface area (Å²) in [4.78, 5) is 16.4. The molecular formula is C36H43NO2. The molecule has 0 amide bonds. The Morgan fingerprint density at radius 3 is 2.44 bits per heavy atom. The van der Waals surface area contributed by atoms with Gasteiger partial charge in [0, 0.05) is 30.1 Å². The van der Waals surface area contributed by atoms with Crippen molar-refractivity contribution in [2.45, 2.75) is 91.6 Å². The van der Waals surface area contributed by atoms with E-state index < -0.39 is 0 Å². The summed E-state index contributed by atoms with van der Waals surface area (Å²) in [6.07, 6.45) is 17.3. The van der Waals surface area contributed by atoms with E-state index in [1.165, 1.54) is 33.4 Å². The molecule has 1 aromatic carbocycles. The monoisotopic (exact) mass is 521 g/mol. The van der Waals surface area contributed by atoms with Crippen molar-refractivity contribution in [3.63, 3.8) is 0 Å². The van der Waals surface area contributed by atoms with Crippen molar-refractivity contribution in [1.82, 2.24) is 4.98 Å². The molecule has 0 saturated heterocycles. The summed E-state index contributed by atoms with van der Waals surface area (Å²) in [7, 11) is 0. The van der Waals surface area contributed by atoms with Crippen LogP contribution in [0.4, 0.5) is 0 Å². The van der Waals surface area contributed by atoms with Crippen LogP contribution in [-0.2, 0) is 4.79 Å². The van der Waals surface area contributed by atoms with Gasteiger partial charge in [-0.2, -0.15) is 0 Å². The van der Waals surface area contributed by atoms with Gasteiger partial charge in [-0.05, 0) is 129 Å². The largest absolute Gasteiger partial charge is 0.393 e. The van der Waals surface area contributed by atoms with Crippen LogP contribution in [-0.4, -0.2) is 22.0 Å². The lowest BCUT2D eigenvalue weighted by Gasteiger charge is -2.52. The molecule has 2 aromatic rings. The number of rotatable bonds is 2. The topological polar surface area (TPSA) is 50.2 Å². The lowest BCUT2D eigenvalue weighted by Crippen LogP contribution is -2.45. The number of aromatic nitrogens is 1. The molecule has 0 spiro atoms. The maximum Gasteiger partial charge on any atom is 0.156 e. The van der Waals surface area contributed by atoms with Gasteiger partial charge in [-0.25, -0.2) is 0 Å². The summed E-state index contributed by atoms with van der Waals surface area (Å²) in [6, 6.07) is 11.2. The fourth-order valence-corrected chi connectivity index (χ4v) is 7.62. The van der Waals surface area contributed by atoms with Crippen LogP contribution in [0.25, 0.3) is 11.1 Å². The van der Waals surface area contributed by atoms with Gasteiger partial charge in [-0.15, -0.1) is 12.3 Å². The van der Waals surface area contributed by atoms with Crippen LogP contribution in [0.1, 0.15) is 89.7 Å². The normalized spacial score (nSPS) is 29.8. The number of ketones is 1. The molecule has 3 nitrogen and oxygen atoms in total. The highest BCUT2D eigenvalue weighted by molar-refractivity contribution is 5.93. The van der Waals surface area contributed by atoms with Gasteiger partial charge in [0.05, 0.1) is 6.10 Å². The van der Waals surface area contributed by atoms with Crippen molar-refractivity contribution in [1.29, 1.82) is 0 Å². The zero-order chi connectivity index (χ0) is 27.9. The number of allylic oxidation sites excluding steroid dienone is 4. The standard InChI is InChI=1S/C30H33NO2.C6H10/c1-18-17-31-14-13-23(18)19-3-5-20(6-4-19)26-16-30(2)27(11-12-28(30)33)25-9-7-21-15-22(32)8-10-24(21)29(25)26;1-5-6(2,3)4/h3-6,13-15,17,25-28,33H,7-12,16H2,1-2H3;1H,2-4H3. The maximum atomic E-state index is 12.2. The predicted octanol–water partition coefficient (Wildman–Crippen LogP) is 7.98. The molecule has 2 fully saturated rings. The quantitative estimate of drug-likeness (QED) is 0.408. The molecule has 5 unspecified atom stereocenters. The van der Waals surface area contributed by atoms with Crippen LogP contribution >= 0.6 is 0 Å². The van der Waals surface area contributed by atoms with E-state index in [0.717, 1.165) is 38.5 Å². The maximum absolute atomic E-state index is 12.2. The zero-order valence-corrected chi connectivity index (χ0v) is 24.3. The molecule has 39 heavy (non-hydrogen) atoms. The summed E-state index contributed by atoms with van der Waals surface area (Å²) in [5.41, 5.74) is 9.42. The summed E-state index contributed by atoms with van der Waals surface area (Å²) >= 11 is 0. The van der Waals surface area contributed by atoms with Crippen molar-refractivity contribution >= 4 is 5.78 Å². The average molecular weight is 522 g/mol. The van der Waals surface area contributed by atoms with Crippen molar-refractivity contribution in [2.75, 3.05) is 0 Å². The number of aryl methyl sites for hydroxylation is 1. The third-order valence-electron chi connectivity index (χ3n) is 9.76. The Kier molecular flexibility index (Phi) is 7.47. The molecule has 0 aliphatic heterocycles. The number of aliphatic hydroxyl groups excluding tert-OH is 1. The Bertz CT molecular complexity index is 1350.